The fraction of sp³-hybridized carbons (Fsp3) is 0.600. The minimum Gasteiger partial charge on any atom is -0.494 e. The van der Waals surface area contributed by atoms with Crippen LogP contribution in [0.3, 0.4) is 0 Å². The molecule has 1 fully saturated rings. The lowest BCUT2D eigenvalue weighted by molar-refractivity contribution is -0.120. The molecular formula is C20H32N4O2. The van der Waals surface area contributed by atoms with Crippen LogP contribution in [0, 0.1) is 0 Å². The van der Waals surface area contributed by atoms with Gasteiger partial charge in [-0.05, 0) is 37.5 Å². The number of benzene rings is 1. The fourth-order valence-corrected chi connectivity index (χ4v) is 3.28. The number of nitrogens with zero attached hydrogens (tertiary/aromatic N) is 2. The van der Waals surface area contributed by atoms with Crippen molar-refractivity contribution in [1.82, 2.24) is 15.5 Å². The first-order chi connectivity index (χ1) is 12.6. The zero-order valence-corrected chi connectivity index (χ0v) is 16.3. The number of nitrogens with one attached hydrogen (secondary N) is 2. The number of aliphatic imine (C=N–C) groups is 1. The number of rotatable bonds is 7. The van der Waals surface area contributed by atoms with E-state index in [-0.39, 0.29) is 12.5 Å². The van der Waals surface area contributed by atoms with E-state index >= 15 is 0 Å². The monoisotopic (exact) mass is 360 g/mol. The van der Waals surface area contributed by atoms with Crippen molar-refractivity contribution < 1.29 is 9.53 Å². The maximum Gasteiger partial charge on any atom is 0.239 e. The molecule has 2 N–H and O–H groups in total. The van der Waals surface area contributed by atoms with Gasteiger partial charge in [0, 0.05) is 26.7 Å². The van der Waals surface area contributed by atoms with E-state index in [1.165, 1.54) is 19.3 Å². The Morgan fingerprint density at radius 1 is 1.23 bits per heavy atom. The van der Waals surface area contributed by atoms with Crippen LogP contribution in [0.4, 0.5) is 0 Å². The molecule has 1 amide bonds. The summed E-state index contributed by atoms with van der Waals surface area (Å²) < 4.78 is 5.47. The Bertz CT molecular complexity index is 580. The summed E-state index contributed by atoms with van der Waals surface area (Å²) in [4.78, 5) is 18.4. The Morgan fingerprint density at radius 3 is 2.54 bits per heavy atom. The normalized spacial score (nSPS) is 15.4. The van der Waals surface area contributed by atoms with Crippen molar-refractivity contribution in [3.8, 4) is 5.75 Å². The van der Waals surface area contributed by atoms with Crippen molar-refractivity contribution in [1.29, 1.82) is 0 Å². The summed E-state index contributed by atoms with van der Waals surface area (Å²) in [5, 5.41) is 6.27. The van der Waals surface area contributed by atoms with Gasteiger partial charge in [-0.1, -0.05) is 31.4 Å². The lowest BCUT2D eigenvalue weighted by atomic mass is 9.95. The molecule has 1 aromatic rings. The maximum atomic E-state index is 12.2. The van der Waals surface area contributed by atoms with E-state index in [1.807, 2.05) is 43.1 Å². The van der Waals surface area contributed by atoms with Crippen molar-refractivity contribution in [3.63, 3.8) is 0 Å². The lowest BCUT2D eigenvalue weighted by Crippen LogP contribution is -2.46. The van der Waals surface area contributed by atoms with Crippen LogP contribution in [-0.2, 0) is 11.3 Å². The fourth-order valence-electron chi connectivity index (χ4n) is 3.28. The molecule has 1 saturated carbocycles. The predicted octanol–water partition coefficient (Wildman–Crippen LogP) is 2.54. The molecule has 0 spiro atoms. The number of hydrogen-bond donors (Lipinski definition) is 2. The number of carbonyl (C=O) groups excluding carboxylic acids is 1. The van der Waals surface area contributed by atoms with Crippen LogP contribution in [0.2, 0.25) is 0 Å². The van der Waals surface area contributed by atoms with Gasteiger partial charge < -0.3 is 20.3 Å². The van der Waals surface area contributed by atoms with E-state index in [2.05, 4.69) is 15.6 Å². The maximum absolute atomic E-state index is 12.2. The Morgan fingerprint density at radius 2 is 1.92 bits per heavy atom. The molecule has 6 heteroatoms. The summed E-state index contributed by atoms with van der Waals surface area (Å²) in [5.74, 6) is 1.62. The highest BCUT2D eigenvalue weighted by molar-refractivity contribution is 5.86. The van der Waals surface area contributed by atoms with Crippen LogP contribution in [0.15, 0.2) is 29.3 Å². The van der Waals surface area contributed by atoms with Crippen LogP contribution >= 0.6 is 0 Å². The van der Waals surface area contributed by atoms with Gasteiger partial charge in [-0.15, -0.1) is 0 Å². The Balaban J connectivity index is 1.78. The second-order valence-electron chi connectivity index (χ2n) is 6.74. The van der Waals surface area contributed by atoms with Gasteiger partial charge in [-0.2, -0.15) is 0 Å². The van der Waals surface area contributed by atoms with E-state index in [4.69, 9.17) is 4.74 Å². The second-order valence-corrected chi connectivity index (χ2v) is 6.74. The highest BCUT2D eigenvalue weighted by Gasteiger charge is 2.16. The number of hydrogen-bond acceptors (Lipinski definition) is 3. The van der Waals surface area contributed by atoms with Crippen LogP contribution in [0.1, 0.15) is 44.6 Å². The average Bonchev–Trinajstić information content (AvgIpc) is 2.65. The Hall–Kier alpha value is -2.24. The third kappa shape index (κ3) is 6.58. The summed E-state index contributed by atoms with van der Waals surface area (Å²) in [6.45, 7) is 3.59. The lowest BCUT2D eigenvalue weighted by Gasteiger charge is -2.24. The van der Waals surface area contributed by atoms with Gasteiger partial charge in [0.05, 0.1) is 13.2 Å². The molecule has 0 saturated heterocycles. The van der Waals surface area contributed by atoms with Crippen LogP contribution < -0.4 is 15.4 Å². The minimum atomic E-state index is 0.0347. The van der Waals surface area contributed by atoms with E-state index < -0.39 is 0 Å². The predicted molar refractivity (Wildman–Crippen MR) is 105 cm³/mol. The molecule has 0 aliphatic heterocycles. The van der Waals surface area contributed by atoms with Crippen molar-refractivity contribution in [2.45, 2.75) is 51.6 Å². The number of ether oxygens (including phenoxy) is 1. The molecule has 1 aliphatic rings. The van der Waals surface area contributed by atoms with Crippen LogP contribution in [0.25, 0.3) is 0 Å². The summed E-state index contributed by atoms with van der Waals surface area (Å²) in [6.07, 6.45) is 5.90. The molecule has 144 valence electrons. The van der Waals surface area contributed by atoms with Crippen LogP contribution in [0.5, 0.6) is 5.75 Å². The zero-order valence-electron chi connectivity index (χ0n) is 16.3. The van der Waals surface area contributed by atoms with Crippen LogP contribution in [-0.4, -0.2) is 50.1 Å². The number of carbonyl (C=O) groups is 1. The molecule has 0 aromatic heterocycles. The smallest absolute Gasteiger partial charge is 0.239 e. The van der Waals surface area contributed by atoms with Crippen molar-refractivity contribution in [2.75, 3.05) is 27.2 Å². The summed E-state index contributed by atoms with van der Waals surface area (Å²) in [6, 6.07) is 8.37. The minimum absolute atomic E-state index is 0.0347. The van der Waals surface area contributed by atoms with E-state index in [0.29, 0.717) is 25.2 Å². The first kappa shape index (κ1) is 20.1. The standard InChI is InChI=1S/C20H32N4O2/c1-4-26-18-12-10-16(11-13-18)15-24(3)20(21-2)22-14-19(25)23-17-8-6-5-7-9-17/h10-13,17H,4-9,14-15H2,1-3H3,(H,21,22)(H,23,25). The highest BCUT2D eigenvalue weighted by Crippen LogP contribution is 2.17. The number of amides is 1. The van der Waals surface area contributed by atoms with Gasteiger partial charge in [0.2, 0.25) is 5.91 Å². The molecule has 0 heterocycles. The molecule has 0 radical (unpaired) electrons. The number of guanidine groups is 1. The van der Waals surface area contributed by atoms with E-state index in [1.54, 1.807) is 7.05 Å². The first-order valence-corrected chi connectivity index (χ1v) is 9.55. The second kappa shape index (κ2) is 10.7. The molecule has 26 heavy (non-hydrogen) atoms. The Labute approximate surface area is 157 Å². The highest BCUT2D eigenvalue weighted by atomic mass is 16.5. The largest absolute Gasteiger partial charge is 0.494 e. The molecular weight excluding hydrogens is 328 g/mol. The summed E-state index contributed by atoms with van der Waals surface area (Å²) in [5.41, 5.74) is 1.16. The third-order valence-electron chi connectivity index (χ3n) is 4.60. The summed E-state index contributed by atoms with van der Waals surface area (Å²) in [7, 11) is 3.70. The van der Waals surface area contributed by atoms with Gasteiger partial charge in [0.15, 0.2) is 5.96 Å². The van der Waals surface area contributed by atoms with E-state index in [0.717, 1.165) is 24.2 Å². The third-order valence-corrected chi connectivity index (χ3v) is 4.60. The van der Waals surface area contributed by atoms with E-state index in [9.17, 15) is 4.79 Å². The topological polar surface area (TPSA) is 66.0 Å². The quantitative estimate of drug-likeness (QED) is 0.579. The summed E-state index contributed by atoms with van der Waals surface area (Å²) >= 11 is 0. The molecule has 0 unspecified atom stereocenters. The molecule has 1 aliphatic carbocycles. The van der Waals surface area contributed by atoms with Gasteiger partial charge >= 0.3 is 0 Å². The van der Waals surface area contributed by atoms with Crippen molar-refractivity contribution in [3.05, 3.63) is 29.8 Å². The Kier molecular flexibility index (Phi) is 8.25. The van der Waals surface area contributed by atoms with Gasteiger partial charge in [-0.3, -0.25) is 9.79 Å². The average molecular weight is 361 g/mol. The first-order valence-electron chi connectivity index (χ1n) is 9.55. The SMILES string of the molecule is CCOc1ccc(CN(C)C(=NC)NCC(=O)NC2CCCCC2)cc1. The van der Waals surface area contributed by atoms with Crippen molar-refractivity contribution >= 4 is 11.9 Å². The molecule has 0 bridgehead atoms. The zero-order chi connectivity index (χ0) is 18.8. The van der Waals surface area contributed by atoms with Gasteiger partial charge in [0.25, 0.3) is 0 Å². The molecule has 0 atom stereocenters. The molecule has 2 rings (SSSR count). The van der Waals surface area contributed by atoms with Gasteiger partial charge in [0.1, 0.15) is 5.75 Å². The van der Waals surface area contributed by atoms with Crippen molar-refractivity contribution in [2.24, 2.45) is 4.99 Å². The molecule has 6 nitrogen and oxygen atoms in total. The van der Waals surface area contributed by atoms with Gasteiger partial charge in [-0.25, -0.2) is 0 Å². The molecule has 1 aromatic carbocycles.